The van der Waals surface area contributed by atoms with Gasteiger partial charge in [0.15, 0.2) is 0 Å². The topological polar surface area (TPSA) is 131 Å². The van der Waals surface area contributed by atoms with E-state index in [4.69, 9.17) is 25.7 Å². The van der Waals surface area contributed by atoms with Crippen LogP contribution >= 0.6 is 0 Å². The van der Waals surface area contributed by atoms with E-state index in [1.807, 2.05) is 24.3 Å². The highest BCUT2D eigenvalue weighted by atomic mass is 16.5. The maximum absolute atomic E-state index is 12.4. The number of aryl methyl sites for hydroxylation is 1. The molecule has 0 amide bonds. The van der Waals surface area contributed by atoms with Crippen LogP contribution < -0.4 is 16.2 Å². The van der Waals surface area contributed by atoms with E-state index in [2.05, 4.69) is 6.92 Å². The Balaban J connectivity index is 1.18. The van der Waals surface area contributed by atoms with Crippen LogP contribution in [0.3, 0.4) is 0 Å². The Morgan fingerprint density at radius 2 is 1.15 bits per heavy atom. The second-order valence-corrected chi connectivity index (χ2v) is 11.8. The molecule has 0 saturated carbocycles. The Hall–Kier alpha value is -4.59. The molecule has 0 unspecified atom stereocenters. The molecule has 3 rings (SSSR count). The third-order valence-corrected chi connectivity index (χ3v) is 7.74. The zero-order valence-electron chi connectivity index (χ0n) is 27.7. The van der Waals surface area contributed by atoms with Crippen molar-refractivity contribution in [2.75, 3.05) is 24.7 Å². The summed E-state index contributed by atoms with van der Waals surface area (Å²) in [6.45, 7) is 2.97. The van der Waals surface area contributed by atoms with Crippen LogP contribution in [-0.2, 0) is 20.7 Å². The summed E-state index contributed by atoms with van der Waals surface area (Å²) >= 11 is 0. The molecule has 0 aliphatic heterocycles. The quantitative estimate of drug-likeness (QED) is 0.0388. The molecule has 8 nitrogen and oxygen atoms in total. The van der Waals surface area contributed by atoms with E-state index in [-0.39, 0.29) is 5.97 Å². The smallest absolute Gasteiger partial charge is 0.338 e. The van der Waals surface area contributed by atoms with Crippen molar-refractivity contribution in [2.45, 2.75) is 90.4 Å². The summed E-state index contributed by atoms with van der Waals surface area (Å²) in [6, 6.07) is 19.3. The SMILES string of the molecule is CCCCCc1ccc(OC(=O)C=Cc2ccc(C(=O)OCCCCCCCCCCCOC(=O)c3cc(N)cc(N)c3)cc2)cc1. The second-order valence-electron chi connectivity index (χ2n) is 11.8. The Morgan fingerprint density at radius 1 is 0.617 bits per heavy atom. The fourth-order valence-corrected chi connectivity index (χ4v) is 5.08. The molecular formula is C39H50N2O6. The first-order valence-corrected chi connectivity index (χ1v) is 16.9. The van der Waals surface area contributed by atoms with Gasteiger partial charge < -0.3 is 25.7 Å². The number of unbranched alkanes of at least 4 members (excludes halogenated alkanes) is 10. The molecular weight excluding hydrogens is 592 g/mol. The predicted octanol–water partition coefficient (Wildman–Crippen LogP) is 8.73. The second kappa shape index (κ2) is 21.3. The lowest BCUT2D eigenvalue weighted by Crippen LogP contribution is -2.07. The molecule has 47 heavy (non-hydrogen) atoms. The summed E-state index contributed by atoms with van der Waals surface area (Å²) < 4.78 is 16.1. The molecule has 0 fully saturated rings. The van der Waals surface area contributed by atoms with Gasteiger partial charge in [-0.15, -0.1) is 0 Å². The average Bonchev–Trinajstić information content (AvgIpc) is 3.06. The molecule has 0 aliphatic rings. The van der Waals surface area contributed by atoms with E-state index in [1.165, 1.54) is 24.5 Å². The van der Waals surface area contributed by atoms with E-state index >= 15 is 0 Å². The standard InChI is InChI=1S/C39H50N2O6/c1-2-3-11-14-30-17-22-36(23-18-30)47-37(42)24-19-31-15-20-32(21-16-31)38(43)45-25-12-9-7-5-4-6-8-10-13-26-46-39(44)33-27-34(40)29-35(41)28-33/h15-24,27-29H,2-14,25-26,40-41H2,1H3. The molecule has 0 heterocycles. The van der Waals surface area contributed by atoms with Crippen LogP contribution in [0.25, 0.3) is 6.08 Å². The van der Waals surface area contributed by atoms with Crippen molar-refractivity contribution in [3.05, 3.63) is 95.1 Å². The number of hydrogen-bond acceptors (Lipinski definition) is 8. The van der Waals surface area contributed by atoms with Crippen molar-refractivity contribution >= 4 is 35.4 Å². The lowest BCUT2D eigenvalue weighted by Gasteiger charge is -2.07. The van der Waals surface area contributed by atoms with Gasteiger partial charge in [0.1, 0.15) is 5.75 Å². The maximum Gasteiger partial charge on any atom is 0.338 e. The van der Waals surface area contributed by atoms with Gasteiger partial charge in [0.05, 0.1) is 24.3 Å². The van der Waals surface area contributed by atoms with Gasteiger partial charge in [-0.05, 0) is 85.4 Å². The summed E-state index contributed by atoms with van der Waals surface area (Å²) in [5.41, 5.74) is 15.2. The van der Waals surface area contributed by atoms with Gasteiger partial charge in [0, 0.05) is 17.5 Å². The van der Waals surface area contributed by atoms with Crippen molar-refractivity contribution in [1.82, 2.24) is 0 Å². The minimum Gasteiger partial charge on any atom is -0.462 e. The third-order valence-electron chi connectivity index (χ3n) is 7.74. The molecule has 8 heteroatoms. The molecule has 4 N–H and O–H groups in total. The molecule has 0 bridgehead atoms. The van der Waals surface area contributed by atoms with Gasteiger partial charge in [0.25, 0.3) is 0 Å². The first kappa shape index (κ1) is 36.9. The van der Waals surface area contributed by atoms with Gasteiger partial charge in [-0.2, -0.15) is 0 Å². The number of carbonyl (C=O) groups is 3. The maximum atomic E-state index is 12.4. The summed E-state index contributed by atoms with van der Waals surface area (Å²) in [4.78, 5) is 36.7. The van der Waals surface area contributed by atoms with Gasteiger partial charge in [0.2, 0.25) is 0 Å². The summed E-state index contributed by atoms with van der Waals surface area (Å²) in [6.07, 6.45) is 17.0. The lowest BCUT2D eigenvalue weighted by molar-refractivity contribution is -0.128. The fraction of sp³-hybridized carbons (Fsp3) is 0.410. The summed E-state index contributed by atoms with van der Waals surface area (Å²) in [7, 11) is 0. The zero-order chi connectivity index (χ0) is 33.7. The third kappa shape index (κ3) is 15.0. The number of benzene rings is 3. The Labute approximate surface area is 279 Å². The van der Waals surface area contributed by atoms with Gasteiger partial charge in [-0.1, -0.05) is 89.0 Å². The van der Waals surface area contributed by atoms with Crippen LogP contribution in [0.2, 0.25) is 0 Å². The number of rotatable bonds is 21. The first-order valence-electron chi connectivity index (χ1n) is 16.9. The Morgan fingerprint density at radius 3 is 1.70 bits per heavy atom. The van der Waals surface area contributed by atoms with Crippen LogP contribution in [0.5, 0.6) is 5.75 Å². The highest BCUT2D eigenvalue weighted by Crippen LogP contribution is 2.17. The van der Waals surface area contributed by atoms with Crippen LogP contribution in [-0.4, -0.2) is 31.1 Å². The number of anilines is 2. The van der Waals surface area contributed by atoms with Crippen molar-refractivity contribution in [2.24, 2.45) is 0 Å². The predicted molar refractivity (Wildman–Crippen MR) is 188 cm³/mol. The number of ether oxygens (including phenoxy) is 3. The molecule has 0 spiro atoms. The average molecular weight is 643 g/mol. The van der Waals surface area contributed by atoms with E-state index < -0.39 is 11.9 Å². The number of nitrogens with two attached hydrogens (primary N) is 2. The van der Waals surface area contributed by atoms with E-state index in [9.17, 15) is 14.4 Å². The monoisotopic (exact) mass is 642 g/mol. The van der Waals surface area contributed by atoms with Crippen LogP contribution in [0.15, 0.2) is 72.8 Å². The van der Waals surface area contributed by atoms with Crippen LogP contribution in [0.4, 0.5) is 11.4 Å². The van der Waals surface area contributed by atoms with E-state index in [1.54, 1.807) is 48.5 Å². The molecule has 0 aliphatic carbocycles. The minimum absolute atomic E-state index is 0.346. The Bertz CT molecular complexity index is 1400. The van der Waals surface area contributed by atoms with E-state index in [0.717, 1.165) is 76.2 Å². The molecule has 3 aromatic rings. The lowest BCUT2D eigenvalue weighted by atomic mass is 10.1. The van der Waals surface area contributed by atoms with Crippen molar-refractivity contribution in [3.8, 4) is 5.75 Å². The van der Waals surface area contributed by atoms with Crippen molar-refractivity contribution in [1.29, 1.82) is 0 Å². The molecule has 0 aromatic heterocycles. The molecule has 0 radical (unpaired) electrons. The zero-order valence-corrected chi connectivity index (χ0v) is 27.7. The normalized spacial score (nSPS) is 11.0. The highest BCUT2D eigenvalue weighted by Gasteiger charge is 2.09. The summed E-state index contributed by atoms with van der Waals surface area (Å²) in [5, 5.41) is 0. The number of nitrogen functional groups attached to an aromatic ring is 2. The van der Waals surface area contributed by atoms with Crippen molar-refractivity contribution in [3.63, 3.8) is 0 Å². The van der Waals surface area contributed by atoms with Crippen LogP contribution in [0, 0.1) is 0 Å². The summed E-state index contributed by atoms with van der Waals surface area (Å²) in [5.74, 6) is -0.679. The van der Waals surface area contributed by atoms with Gasteiger partial charge in [-0.3, -0.25) is 0 Å². The minimum atomic E-state index is -0.454. The van der Waals surface area contributed by atoms with E-state index in [0.29, 0.717) is 41.5 Å². The molecule has 0 atom stereocenters. The Kier molecular flexibility index (Phi) is 16.7. The highest BCUT2D eigenvalue weighted by molar-refractivity contribution is 5.92. The molecule has 3 aromatic carbocycles. The number of esters is 3. The number of hydrogen-bond donors (Lipinski definition) is 2. The number of carbonyl (C=O) groups excluding carboxylic acids is 3. The van der Waals surface area contributed by atoms with Crippen molar-refractivity contribution < 1.29 is 28.6 Å². The largest absolute Gasteiger partial charge is 0.462 e. The van der Waals surface area contributed by atoms with Gasteiger partial charge >= 0.3 is 17.9 Å². The molecule has 252 valence electrons. The first-order chi connectivity index (χ1) is 22.8. The van der Waals surface area contributed by atoms with Gasteiger partial charge in [-0.25, -0.2) is 14.4 Å². The molecule has 0 saturated heterocycles. The van der Waals surface area contributed by atoms with Crippen LogP contribution in [0.1, 0.15) is 116 Å². The fourth-order valence-electron chi connectivity index (χ4n) is 5.08.